The highest BCUT2D eigenvalue weighted by atomic mass is 19.1. The van der Waals surface area contributed by atoms with Crippen molar-refractivity contribution >= 4 is 5.91 Å². The topological polar surface area (TPSA) is 38.8 Å². The van der Waals surface area contributed by atoms with Gasteiger partial charge in [0.15, 0.2) is 5.79 Å². The van der Waals surface area contributed by atoms with Crippen LogP contribution in [-0.4, -0.2) is 42.9 Å². The summed E-state index contributed by atoms with van der Waals surface area (Å²) < 4.78 is 24.4. The van der Waals surface area contributed by atoms with Gasteiger partial charge in [-0.05, 0) is 17.7 Å². The monoisotopic (exact) mass is 279 g/mol. The number of likely N-dealkylation sites (tertiary alicyclic amines) is 1. The molecule has 1 spiro atoms. The fourth-order valence-corrected chi connectivity index (χ4v) is 2.82. The van der Waals surface area contributed by atoms with Gasteiger partial charge in [-0.3, -0.25) is 4.79 Å². The first kappa shape index (κ1) is 13.5. The highest BCUT2D eigenvalue weighted by molar-refractivity contribution is 5.78. The smallest absolute Gasteiger partial charge is 0.226 e. The summed E-state index contributed by atoms with van der Waals surface area (Å²) in [7, 11) is 0. The molecule has 4 nitrogen and oxygen atoms in total. The summed E-state index contributed by atoms with van der Waals surface area (Å²) in [6.45, 7) is 2.54. The standard InChI is InChI=1S/C15H18FNO3/c16-13-3-1-2-12(10-13)11-14(18)17-6-4-15(5-7-17)19-8-9-20-15/h1-3,10H,4-9,11H2. The zero-order valence-electron chi connectivity index (χ0n) is 11.3. The molecule has 0 bridgehead atoms. The van der Waals surface area contributed by atoms with Crippen LogP contribution in [0.3, 0.4) is 0 Å². The lowest BCUT2D eigenvalue weighted by molar-refractivity contribution is -0.187. The number of halogens is 1. The molecule has 0 aromatic heterocycles. The molecule has 1 aromatic carbocycles. The molecule has 3 rings (SSSR count). The third-order valence-electron chi connectivity index (χ3n) is 3.94. The number of amides is 1. The Bertz CT molecular complexity index is 490. The Labute approximate surface area is 117 Å². The molecular formula is C15H18FNO3. The molecule has 2 aliphatic rings. The lowest BCUT2D eigenvalue weighted by atomic mass is 10.0. The van der Waals surface area contributed by atoms with Gasteiger partial charge in [-0.15, -0.1) is 0 Å². The molecule has 2 aliphatic heterocycles. The molecule has 5 heteroatoms. The maximum Gasteiger partial charge on any atom is 0.226 e. The average Bonchev–Trinajstić information content (AvgIpc) is 2.88. The molecule has 108 valence electrons. The van der Waals surface area contributed by atoms with Crippen LogP contribution in [0, 0.1) is 5.82 Å². The van der Waals surface area contributed by atoms with Crippen molar-refractivity contribution in [2.45, 2.75) is 25.0 Å². The van der Waals surface area contributed by atoms with Crippen molar-refractivity contribution in [2.75, 3.05) is 26.3 Å². The van der Waals surface area contributed by atoms with Crippen molar-refractivity contribution in [3.63, 3.8) is 0 Å². The van der Waals surface area contributed by atoms with Crippen LogP contribution in [0.1, 0.15) is 18.4 Å². The Hall–Kier alpha value is -1.46. The van der Waals surface area contributed by atoms with Crippen LogP contribution >= 0.6 is 0 Å². The van der Waals surface area contributed by atoms with Crippen molar-refractivity contribution in [2.24, 2.45) is 0 Å². The van der Waals surface area contributed by atoms with Crippen LogP contribution in [-0.2, 0) is 20.7 Å². The Morgan fingerprint density at radius 2 is 1.95 bits per heavy atom. The number of benzene rings is 1. The maximum atomic E-state index is 13.1. The molecule has 1 amide bonds. The second-order valence-corrected chi connectivity index (χ2v) is 5.30. The van der Waals surface area contributed by atoms with Gasteiger partial charge in [-0.25, -0.2) is 4.39 Å². The Morgan fingerprint density at radius 1 is 1.25 bits per heavy atom. The second-order valence-electron chi connectivity index (χ2n) is 5.30. The van der Waals surface area contributed by atoms with E-state index in [2.05, 4.69) is 0 Å². The van der Waals surface area contributed by atoms with Crippen molar-refractivity contribution in [1.29, 1.82) is 0 Å². The number of hydrogen-bond acceptors (Lipinski definition) is 3. The van der Waals surface area contributed by atoms with Gasteiger partial charge in [0.2, 0.25) is 5.91 Å². The van der Waals surface area contributed by atoms with E-state index in [4.69, 9.17) is 9.47 Å². The highest BCUT2D eigenvalue weighted by Gasteiger charge is 2.40. The summed E-state index contributed by atoms with van der Waals surface area (Å²) in [6, 6.07) is 6.19. The minimum absolute atomic E-state index is 0.0310. The molecule has 2 fully saturated rings. The second kappa shape index (κ2) is 5.50. The maximum absolute atomic E-state index is 13.1. The zero-order valence-corrected chi connectivity index (χ0v) is 11.3. The summed E-state index contributed by atoms with van der Waals surface area (Å²) in [5.74, 6) is -0.737. The molecule has 1 aromatic rings. The average molecular weight is 279 g/mol. The van der Waals surface area contributed by atoms with Crippen LogP contribution < -0.4 is 0 Å². The van der Waals surface area contributed by atoms with Gasteiger partial charge in [0.1, 0.15) is 5.82 Å². The van der Waals surface area contributed by atoms with Crippen molar-refractivity contribution in [3.05, 3.63) is 35.6 Å². The molecule has 0 N–H and O–H groups in total. The number of piperidine rings is 1. The van der Waals surface area contributed by atoms with Gasteiger partial charge in [-0.2, -0.15) is 0 Å². The summed E-state index contributed by atoms with van der Waals surface area (Å²) in [5.41, 5.74) is 0.712. The zero-order chi connectivity index (χ0) is 14.0. The van der Waals surface area contributed by atoms with Gasteiger partial charge < -0.3 is 14.4 Å². The lowest BCUT2D eigenvalue weighted by Gasteiger charge is -2.37. The van der Waals surface area contributed by atoms with E-state index in [9.17, 15) is 9.18 Å². The molecule has 0 radical (unpaired) electrons. The predicted octanol–water partition coefficient (Wildman–Crippen LogP) is 1.73. The largest absolute Gasteiger partial charge is 0.347 e. The van der Waals surface area contributed by atoms with Gasteiger partial charge in [-0.1, -0.05) is 12.1 Å². The summed E-state index contributed by atoms with van der Waals surface area (Å²) in [5, 5.41) is 0. The first-order valence-corrected chi connectivity index (χ1v) is 6.97. The number of carbonyl (C=O) groups is 1. The molecule has 20 heavy (non-hydrogen) atoms. The van der Waals surface area contributed by atoms with E-state index in [1.54, 1.807) is 17.0 Å². The van der Waals surface area contributed by atoms with Crippen LogP contribution in [0.4, 0.5) is 4.39 Å². The number of ether oxygens (including phenoxy) is 2. The van der Waals surface area contributed by atoms with E-state index >= 15 is 0 Å². The minimum Gasteiger partial charge on any atom is -0.347 e. The SMILES string of the molecule is O=C(Cc1cccc(F)c1)N1CCC2(CC1)OCCO2. The Balaban J connectivity index is 1.56. The minimum atomic E-state index is -0.463. The number of hydrogen-bond donors (Lipinski definition) is 0. The third kappa shape index (κ3) is 2.83. The van der Waals surface area contributed by atoms with Crippen LogP contribution in [0.25, 0.3) is 0 Å². The van der Waals surface area contributed by atoms with E-state index in [0.717, 1.165) is 0 Å². The molecule has 0 atom stereocenters. The molecule has 0 unspecified atom stereocenters. The first-order valence-electron chi connectivity index (χ1n) is 6.97. The molecule has 2 heterocycles. The number of nitrogens with zero attached hydrogens (tertiary/aromatic N) is 1. The summed E-state index contributed by atoms with van der Waals surface area (Å²) in [6.07, 6.45) is 1.66. The number of carbonyl (C=O) groups excluding carboxylic acids is 1. The highest BCUT2D eigenvalue weighted by Crippen LogP contribution is 2.31. The molecule has 0 saturated carbocycles. The molecule has 0 aliphatic carbocycles. The number of rotatable bonds is 2. The van der Waals surface area contributed by atoms with Gasteiger partial charge in [0.25, 0.3) is 0 Å². The molecular weight excluding hydrogens is 261 g/mol. The van der Waals surface area contributed by atoms with E-state index in [0.29, 0.717) is 44.7 Å². The van der Waals surface area contributed by atoms with Crippen LogP contribution in [0.5, 0.6) is 0 Å². The Morgan fingerprint density at radius 3 is 2.60 bits per heavy atom. The van der Waals surface area contributed by atoms with Crippen molar-refractivity contribution < 1.29 is 18.7 Å². The van der Waals surface area contributed by atoms with Gasteiger partial charge >= 0.3 is 0 Å². The van der Waals surface area contributed by atoms with E-state index < -0.39 is 5.79 Å². The van der Waals surface area contributed by atoms with E-state index in [1.807, 2.05) is 0 Å². The van der Waals surface area contributed by atoms with Crippen LogP contribution in [0.2, 0.25) is 0 Å². The summed E-state index contributed by atoms with van der Waals surface area (Å²) in [4.78, 5) is 14.0. The van der Waals surface area contributed by atoms with Gasteiger partial charge in [0.05, 0.1) is 19.6 Å². The normalized spacial score (nSPS) is 21.4. The van der Waals surface area contributed by atoms with Crippen molar-refractivity contribution in [1.82, 2.24) is 4.90 Å². The van der Waals surface area contributed by atoms with E-state index in [1.165, 1.54) is 12.1 Å². The lowest BCUT2D eigenvalue weighted by Crippen LogP contribution is -2.47. The molecule has 2 saturated heterocycles. The first-order chi connectivity index (χ1) is 9.67. The Kier molecular flexibility index (Phi) is 3.72. The van der Waals surface area contributed by atoms with Crippen molar-refractivity contribution in [3.8, 4) is 0 Å². The quantitative estimate of drug-likeness (QED) is 0.827. The van der Waals surface area contributed by atoms with Gasteiger partial charge in [0, 0.05) is 25.9 Å². The third-order valence-corrected chi connectivity index (χ3v) is 3.94. The van der Waals surface area contributed by atoms with E-state index in [-0.39, 0.29) is 18.1 Å². The van der Waals surface area contributed by atoms with Crippen LogP contribution in [0.15, 0.2) is 24.3 Å². The fourth-order valence-electron chi connectivity index (χ4n) is 2.82. The predicted molar refractivity (Wildman–Crippen MR) is 70.6 cm³/mol. The summed E-state index contributed by atoms with van der Waals surface area (Å²) >= 11 is 0. The fraction of sp³-hybridized carbons (Fsp3) is 0.533.